The van der Waals surface area contributed by atoms with E-state index in [1.807, 2.05) is 0 Å². The maximum atomic E-state index is 12.9. The summed E-state index contributed by atoms with van der Waals surface area (Å²) in [5.41, 5.74) is -2.35. The van der Waals surface area contributed by atoms with E-state index in [-0.39, 0.29) is 12.7 Å². The van der Waals surface area contributed by atoms with Crippen LogP contribution in [-0.4, -0.2) is 57.5 Å². The zero-order chi connectivity index (χ0) is 35.8. The van der Waals surface area contributed by atoms with E-state index in [2.05, 4.69) is 24.8 Å². The van der Waals surface area contributed by atoms with Gasteiger partial charge in [-0.05, 0) is 37.7 Å². The number of phosphoric acid groups is 1. The summed E-state index contributed by atoms with van der Waals surface area (Å²) in [5, 5.41) is 0. The van der Waals surface area contributed by atoms with Crippen molar-refractivity contribution in [3.05, 3.63) is 44.8 Å². The van der Waals surface area contributed by atoms with Gasteiger partial charge in [0.2, 0.25) is 0 Å². The van der Waals surface area contributed by atoms with E-state index in [4.69, 9.17) is 24.9 Å². The molecule has 12 heteroatoms. The number of rotatable bonds is 30. The molecule has 10 nitrogen and oxygen atoms in total. The lowest BCUT2D eigenvalue weighted by atomic mass is 10.1. The monoisotopic (exact) mass is 726 g/mol. The van der Waals surface area contributed by atoms with Crippen molar-refractivity contribution in [2.24, 2.45) is 0 Å². The van der Waals surface area contributed by atoms with Gasteiger partial charge in [-0.15, -0.1) is 6.42 Å². The summed E-state index contributed by atoms with van der Waals surface area (Å²) >= 11 is 1.78. The highest BCUT2D eigenvalue weighted by Gasteiger charge is 2.38. The van der Waals surface area contributed by atoms with E-state index in [9.17, 15) is 19.0 Å². The minimum Gasteiger partial charge on any atom is -0.375 e. The van der Waals surface area contributed by atoms with Crippen LogP contribution in [-0.2, 0) is 23.1 Å². The Kier molecular flexibility index (Phi) is 22.5. The first-order valence-corrected chi connectivity index (χ1v) is 21.3. The minimum atomic E-state index is -4.52. The third-order valence-corrected chi connectivity index (χ3v) is 10.8. The van der Waals surface area contributed by atoms with Gasteiger partial charge in [-0.1, -0.05) is 123 Å². The van der Waals surface area contributed by atoms with Crippen molar-refractivity contribution in [3.63, 3.8) is 0 Å². The molecular formula is C37H63N2O8PS. The number of aromatic amines is 1. The predicted octanol–water partition coefficient (Wildman–Crippen LogP) is 8.62. The number of hydrogen-bond donors (Lipinski definition) is 2. The number of aryl methyl sites for hydroxylation is 1. The van der Waals surface area contributed by atoms with Crippen LogP contribution in [0, 0.1) is 19.3 Å². The van der Waals surface area contributed by atoms with Crippen molar-refractivity contribution < 1.29 is 28.0 Å². The molecular weight excluding hydrogens is 663 g/mol. The molecule has 0 saturated carbocycles. The second-order valence-electron chi connectivity index (χ2n) is 13.1. The number of nitrogens with one attached hydrogen (secondary N) is 1. The molecule has 1 aliphatic heterocycles. The zero-order valence-electron chi connectivity index (χ0n) is 30.3. The highest BCUT2D eigenvalue weighted by Crippen LogP contribution is 2.45. The Labute approximate surface area is 299 Å². The summed E-state index contributed by atoms with van der Waals surface area (Å²) in [5.74, 6) is 4.11. The van der Waals surface area contributed by atoms with Gasteiger partial charge in [0.25, 0.3) is 5.56 Å². The fourth-order valence-corrected chi connectivity index (χ4v) is 7.41. The molecule has 0 saturated heterocycles. The SMILES string of the molecule is C#C[C@@]1(COP(=O)(O)OC[C@H](CSCCCCCCCCCCCC)OCCCCCCCCCC)C=C[C@H](n2cc(C)c(=O)[nH]c2=O)O1. The molecule has 4 atom stereocenters. The summed E-state index contributed by atoms with van der Waals surface area (Å²) in [6, 6.07) is 0. The van der Waals surface area contributed by atoms with E-state index in [1.165, 1.54) is 119 Å². The molecule has 0 spiro atoms. The standard InChI is InChI=1S/C37H63N2O8PS/c1-5-8-10-12-14-16-17-19-21-23-27-49-30-33(44-26-22-20-18-15-13-11-9-6-2)29-45-48(42,43)46-31-37(7-3)25-24-34(47-37)39-28-32(4)35(40)38-36(39)41/h3,24-25,28,33-34H,5-6,8-23,26-27,29-31H2,1-2,4H3,(H,42,43)(H,38,40,41)/t33-,34-,37+/m1/s1. The van der Waals surface area contributed by atoms with Gasteiger partial charge in [-0.25, -0.2) is 9.36 Å². The second kappa shape index (κ2) is 25.3. The van der Waals surface area contributed by atoms with Gasteiger partial charge >= 0.3 is 13.5 Å². The number of thioether (sulfide) groups is 1. The Morgan fingerprint density at radius 1 is 0.959 bits per heavy atom. The van der Waals surface area contributed by atoms with Crippen molar-refractivity contribution in [2.45, 2.75) is 154 Å². The van der Waals surface area contributed by atoms with E-state index in [1.54, 1.807) is 18.7 Å². The smallest absolute Gasteiger partial charge is 0.375 e. The Hall–Kier alpha value is -1.64. The molecule has 2 N–H and O–H groups in total. The first-order chi connectivity index (χ1) is 23.6. The number of unbranched alkanes of at least 4 members (excludes halogenated alkanes) is 16. The summed E-state index contributed by atoms with van der Waals surface area (Å²) in [4.78, 5) is 36.8. The number of phosphoric ester groups is 1. The van der Waals surface area contributed by atoms with Crippen LogP contribution >= 0.6 is 19.6 Å². The Balaban J connectivity index is 1.80. The lowest BCUT2D eigenvalue weighted by molar-refractivity contribution is -0.0527. The van der Waals surface area contributed by atoms with Gasteiger partial charge in [0.15, 0.2) is 11.8 Å². The number of H-pyrrole nitrogens is 1. The second-order valence-corrected chi connectivity index (χ2v) is 15.7. The van der Waals surface area contributed by atoms with Crippen molar-refractivity contribution in [1.82, 2.24) is 9.55 Å². The molecule has 2 heterocycles. The van der Waals surface area contributed by atoms with E-state index >= 15 is 0 Å². The molecule has 1 aliphatic rings. The fourth-order valence-electron chi connectivity index (χ4n) is 5.59. The topological polar surface area (TPSA) is 129 Å². The summed E-state index contributed by atoms with van der Waals surface area (Å²) < 4.78 is 36.8. The third-order valence-electron chi connectivity index (χ3n) is 8.69. The normalized spacial score (nSPS) is 19.2. The number of hydrogen-bond acceptors (Lipinski definition) is 8. The van der Waals surface area contributed by atoms with Crippen LogP contribution in [0.3, 0.4) is 0 Å². The lowest BCUT2D eigenvalue weighted by Gasteiger charge is -2.25. The lowest BCUT2D eigenvalue weighted by Crippen LogP contribution is -2.37. The fraction of sp³-hybridized carbons (Fsp3) is 0.784. The first kappa shape index (κ1) is 43.5. The van der Waals surface area contributed by atoms with Gasteiger partial charge in [0, 0.05) is 24.1 Å². The van der Waals surface area contributed by atoms with Crippen LogP contribution in [0.5, 0.6) is 0 Å². The third kappa shape index (κ3) is 18.4. The molecule has 0 amide bonds. The summed E-state index contributed by atoms with van der Waals surface area (Å²) in [6.07, 6.45) is 31.4. The van der Waals surface area contributed by atoms with Crippen LogP contribution in [0.1, 0.15) is 141 Å². The maximum absolute atomic E-state index is 12.9. The minimum absolute atomic E-state index is 0.0930. The summed E-state index contributed by atoms with van der Waals surface area (Å²) in [6.45, 7) is 6.04. The highest BCUT2D eigenvalue weighted by molar-refractivity contribution is 7.99. The van der Waals surface area contributed by atoms with E-state index in [0.717, 1.165) is 25.0 Å². The highest BCUT2D eigenvalue weighted by atomic mass is 32.2. The predicted molar refractivity (Wildman–Crippen MR) is 200 cm³/mol. The van der Waals surface area contributed by atoms with Crippen molar-refractivity contribution in [3.8, 4) is 12.3 Å². The maximum Gasteiger partial charge on any atom is 0.472 e. The number of nitrogens with zero attached hydrogens (tertiary/aromatic N) is 1. The number of ether oxygens (including phenoxy) is 2. The van der Waals surface area contributed by atoms with Crippen molar-refractivity contribution in [2.75, 3.05) is 31.3 Å². The molecule has 280 valence electrons. The average molecular weight is 727 g/mol. The van der Waals surface area contributed by atoms with Crippen LogP contribution in [0.15, 0.2) is 27.9 Å². The van der Waals surface area contributed by atoms with Crippen molar-refractivity contribution >= 4 is 19.6 Å². The molecule has 49 heavy (non-hydrogen) atoms. The molecule has 1 aromatic heterocycles. The molecule has 2 rings (SSSR count). The number of aromatic nitrogens is 2. The molecule has 0 bridgehead atoms. The van der Waals surface area contributed by atoms with Crippen molar-refractivity contribution in [1.29, 1.82) is 0 Å². The Morgan fingerprint density at radius 2 is 1.53 bits per heavy atom. The average Bonchev–Trinajstić information content (AvgIpc) is 3.52. The largest absolute Gasteiger partial charge is 0.472 e. The van der Waals surface area contributed by atoms with Gasteiger partial charge in [-0.3, -0.25) is 23.4 Å². The molecule has 0 radical (unpaired) electrons. The molecule has 1 unspecified atom stereocenters. The van der Waals surface area contributed by atoms with Crippen LogP contribution < -0.4 is 11.2 Å². The van der Waals surface area contributed by atoms with Crippen LogP contribution in [0.2, 0.25) is 0 Å². The summed E-state index contributed by atoms with van der Waals surface area (Å²) in [7, 11) is -4.52. The molecule has 0 fully saturated rings. The van der Waals surface area contributed by atoms with Gasteiger partial charge in [0.1, 0.15) is 6.61 Å². The number of terminal acetylenes is 1. The molecule has 0 aromatic carbocycles. The molecule has 0 aliphatic carbocycles. The molecule has 1 aromatic rings. The Morgan fingerprint density at radius 3 is 2.12 bits per heavy atom. The van der Waals surface area contributed by atoms with E-state index in [0.29, 0.717) is 17.9 Å². The van der Waals surface area contributed by atoms with Crippen LogP contribution in [0.25, 0.3) is 0 Å². The quantitative estimate of drug-likeness (QED) is 0.0347. The van der Waals surface area contributed by atoms with Crippen LogP contribution in [0.4, 0.5) is 0 Å². The van der Waals surface area contributed by atoms with Gasteiger partial charge in [-0.2, -0.15) is 11.8 Å². The van der Waals surface area contributed by atoms with E-state index < -0.39 is 37.5 Å². The Bertz CT molecular complexity index is 1280. The zero-order valence-corrected chi connectivity index (χ0v) is 32.0. The van der Waals surface area contributed by atoms with Gasteiger partial charge < -0.3 is 14.4 Å². The first-order valence-electron chi connectivity index (χ1n) is 18.6. The van der Waals surface area contributed by atoms with Gasteiger partial charge in [0.05, 0.1) is 12.7 Å².